The van der Waals surface area contributed by atoms with Crippen molar-refractivity contribution in [3.05, 3.63) is 70.8 Å². The maximum atomic E-state index is 15.8. The number of rotatable bonds is 20. The maximum Gasteiger partial charge on any atom is 0.201 e. The molecule has 0 N–H and O–H groups in total. The van der Waals surface area contributed by atoms with Crippen molar-refractivity contribution >= 4 is 11.1 Å². The molecular formula is C54H78F4O3. The predicted octanol–water partition coefficient (Wildman–Crippen LogP) is 16.1. The van der Waals surface area contributed by atoms with Crippen LogP contribution in [-0.2, 0) is 4.74 Å². The van der Waals surface area contributed by atoms with Crippen LogP contribution in [0.2, 0.25) is 0 Å². The van der Waals surface area contributed by atoms with Gasteiger partial charge in [-0.05, 0) is 160 Å². The normalized spacial score (nSPS) is 27.9. The van der Waals surface area contributed by atoms with Crippen LogP contribution in [0.25, 0.3) is 11.1 Å². The van der Waals surface area contributed by atoms with Crippen molar-refractivity contribution < 1.29 is 31.8 Å². The molecule has 7 heteroatoms. The summed E-state index contributed by atoms with van der Waals surface area (Å²) in [5, 5.41) is 0. The van der Waals surface area contributed by atoms with Crippen LogP contribution in [0.15, 0.2) is 36.4 Å². The van der Waals surface area contributed by atoms with E-state index in [1.807, 2.05) is 12.2 Å². The summed E-state index contributed by atoms with van der Waals surface area (Å²) < 4.78 is 78.3. The summed E-state index contributed by atoms with van der Waals surface area (Å²) >= 11 is 0. The highest BCUT2D eigenvalue weighted by Gasteiger charge is 2.35. The second-order valence-electron chi connectivity index (χ2n) is 19.5. The van der Waals surface area contributed by atoms with Crippen LogP contribution >= 0.6 is 0 Å². The van der Waals surface area contributed by atoms with E-state index in [-0.39, 0.29) is 47.7 Å². The zero-order chi connectivity index (χ0) is 43.1. The number of halogens is 4. The Morgan fingerprint density at radius 1 is 0.475 bits per heavy atom. The molecule has 4 saturated carbocycles. The topological polar surface area (TPSA) is 27.7 Å². The smallest absolute Gasteiger partial charge is 0.201 e. The van der Waals surface area contributed by atoms with Crippen molar-refractivity contribution in [2.24, 2.45) is 47.3 Å². The molecule has 0 aromatic heterocycles. The molecule has 0 saturated heterocycles. The van der Waals surface area contributed by atoms with Gasteiger partial charge in [0.1, 0.15) is 0 Å². The molecule has 61 heavy (non-hydrogen) atoms. The molecule has 4 fully saturated rings. The number of allylic oxidation sites excluding steroid dienone is 2. The number of unbranched alkanes of at least 4 members (excludes halogenated alkanes) is 4. The Kier molecular flexibility index (Phi) is 19.0. The molecule has 340 valence electrons. The summed E-state index contributed by atoms with van der Waals surface area (Å²) in [6, 6.07) is 6.31. The van der Waals surface area contributed by atoms with E-state index in [4.69, 9.17) is 14.2 Å². The molecule has 0 bridgehead atoms. The molecule has 3 nitrogen and oxygen atoms in total. The zero-order valence-corrected chi connectivity index (χ0v) is 38.2. The minimum absolute atomic E-state index is 0.0984. The first-order valence-electron chi connectivity index (χ1n) is 24.8. The van der Waals surface area contributed by atoms with Crippen LogP contribution in [0.3, 0.4) is 0 Å². The highest BCUT2D eigenvalue weighted by Crippen LogP contribution is 2.48. The van der Waals surface area contributed by atoms with Crippen LogP contribution in [0.1, 0.15) is 179 Å². The first kappa shape index (κ1) is 47.7. The Morgan fingerprint density at radius 3 is 1.15 bits per heavy atom. The number of hydrogen-bond donors (Lipinski definition) is 0. The molecule has 4 aliphatic rings. The highest BCUT2D eigenvalue weighted by atomic mass is 19.2. The van der Waals surface area contributed by atoms with Gasteiger partial charge in [0.25, 0.3) is 0 Å². The van der Waals surface area contributed by atoms with E-state index in [1.54, 1.807) is 12.1 Å². The molecule has 0 heterocycles. The lowest BCUT2D eigenvalue weighted by Crippen LogP contribution is -2.26. The molecule has 0 spiro atoms. The molecule has 0 radical (unpaired) electrons. The van der Waals surface area contributed by atoms with Crippen molar-refractivity contribution in [2.75, 3.05) is 27.4 Å². The zero-order valence-electron chi connectivity index (χ0n) is 38.2. The number of hydrogen-bond acceptors (Lipinski definition) is 3. The van der Waals surface area contributed by atoms with Gasteiger partial charge in [-0.3, -0.25) is 0 Å². The van der Waals surface area contributed by atoms with Gasteiger partial charge in [0, 0.05) is 11.1 Å². The third kappa shape index (κ3) is 12.7. The lowest BCUT2D eigenvalue weighted by Gasteiger charge is -2.38. The van der Waals surface area contributed by atoms with Crippen molar-refractivity contribution in [1.82, 2.24) is 0 Å². The second-order valence-corrected chi connectivity index (χ2v) is 19.5. The van der Waals surface area contributed by atoms with Gasteiger partial charge in [0.2, 0.25) is 11.6 Å². The Hall–Kier alpha value is -2.80. The molecule has 2 aromatic rings. The van der Waals surface area contributed by atoms with Gasteiger partial charge in [0.15, 0.2) is 23.1 Å². The molecular weight excluding hydrogens is 773 g/mol. The number of benzene rings is 2. The van der Waals surface area contributed by atoms with E-state index in [0.29, 0.717) is 11.8 Å². The van der Waals surface area contributed by atoms with Crippen LogP contribution in [0.5, 0.6) is 11.5 Å². The Bertz CT molecular complexity index is 1560. The fourth-order valence-corrected chi connectivity index (χ4v) is 12.2. The van der Waals surface area contributed by atoms with Gasteiger partial charge in [-0.25, -0.2) is 8.78 Å². The van der Waals surface area contributed by atoms with Gasteiger partial charge in [0.05, 0.1) is 27.4 Å². The van der Waals surface area contributed by atoms with Crippen LogP contribution in [0, 0.1) is 70.6 Å². The van der Waals surface area contributed by atoms with Crippen molar-refractivity contribution in [2.45, 2.75) is 168 Å². The molecule has 0 atom stereocenters. The molecule has 4 aliphatic carbocycles. The van der Waals surface area contributed by atoms with E-state index >= 15 is 17.6 Å². The quantitative estimate of drug-likeness (QED) is 0.0981. The van der Waals surface area contributed by atoms with Crippen LogP contribution in [-0.4, -0.2) is 27.4 Å². The monoisotopic (exact) mass is 851 g/mol. The average molecular weight is 851 g/mol. The second kappa shape index (κ2) is 24.3. The van der Waals surface area contributed by atoms with Crippen LogP contribution < -0.4 is 9.47 Å². The maximum absolute atomic E-state index is 15.8. The standard InChI is InChI=1S/C54H78F4O3/c1-5-7-9-11-37-13-17-39(18-14-37)41-21-25-43(26-22-41)45(47-29-31-49(59-3)53(57)51(47)55)33-35-61-36-34-46(48-30-32-50(60-4)54(58)52(48)56)44-27-23-42(24-28-44)40-19-15-38(16-20-40)12-10-8-6-2/h29-34,37-44H,5-28,35-36H2,1-4H3. The first-order chi connectivity index (χ1) is 29.8. The Balaban J connectivity index is 1.11. The molecule has 0 unspecified atom stereocenters. The van der Waals surface area contributed by atoms with Gasteiger partial charge in [-0.15, -0.1) is 0 Å². The lowest BCUT2D eigenvalue weighted by molar-refractivity contribution is 0.152. The van der Waals surface area contributed by atoms with E-state index in [2.05, 4.69) is 13.8 Å². The van der Waals surface area contributed by atoms with Crippen LogP contribution in [0.4, 0.5) is 17.6 Å². The van der Waals surface area contributed by atoms with Gasteiger partial charge in [-0.2, -0.15) is 8.78 Å². The molecule has 0 amide bonds. The van der Waals surface area contributed by atoms with E-state index in [0.717, 1.165) is 86.2 Å². The van der Waals surface area contributed by atoms with E-state index in [9.17, 15) is 0 Å². The highest BCUT2D eigenvalue weighted by molar-refractivity contribution is 5.70. The molecule has 6 rings (SSSR count). The molecule has 2 aromatic carbocycles. The van der Waals surface area contributed by atoms with E-state index < -0.39 is 23.3 Å². The van der Waals surface area contributed by atoms with Gasteiger partial charge in [-0.1, -0.05) is 103 Å². The third-order valence-corrected chi connectivity index (χ3v) is 16.0. The Morgan fingerprint density at radius 2 is 0.820 bits per heavy atom. The van der Waals surface area contributed by atoms with Crippen molar-refractivity contribution in [1.29, 1.82) is 0 Å². The lowest BCUT2D eigenvalue weighted by atomic mass is 9.67. The van der Waals surface area contributed by atoms with Crippen molar-refractivity contribution in [3.63, 3.8) is 0 Å². The number of methoxy groups -OCH3 is 2. The minimum atomic E-state index is -0.970. The average Bonchev–Trinajstić information content (AvgIpc) is 3.29. The Labute approximate surface area is 366 Å². The van der Waals surface area contributed by atoms with Crippen molar-refractivity contribution in [3.8, 4) is 11.5 Å². The molecule has 0 aliphatic heterocycles. The first-order valence-corrected chi connectivity index (χ1v) is 24.8. The van der Waals surface area contributed by atoms with Gasteiger partial charge >= 0.3 is 0 Å². The fourth-order valence-electron chi connectivity index (χ4n) is 12.2. The fraction of sp³-hybridized carbons (Fsp3) is 0.704. The minimum Gasteiger partial charge on any atom is -0.494 e. The predicted molar refractivity (Wildman–Crippen MR) is 243 cm³/mol. The summed E-state index contributed by atoms with van der Waals surface area (Å²) in [6.07, 6.45) is 33.5. The summed E-state index contributed by atoms with van der Waals surface area (Å²) in [5.74, 6) is 0.982. The SMILES string of the molecule is CCCCCC1CCC(C2CCC(C(=CCOCC=C(c3ccc(OC)c(F)c3F)C3CCC(C4CCC(CCCCC)CC4)CC3)c3ccc(OC)c(F)c3F)CC2)CC1. The largest absolute Gasteiger partial charge is 0.494 e. The number of ether oxygens (including phenoxy) is 3. The summed E-state index contributed by atoms with van der Waals surface area (Å²) in [7, 11) is 2.70. The third-order valence-electron chi connectivity index (χ3n) is 16.0. The van der Waals surface area contributed by atoms with Gasteiger partial charge < -0.3 is 14.2 Å². The summed E-state index contributed by atoms with van der Waals surface area (Å²) in [5.41, 5.74) is 2.12. The van der Waals surface area contributed by atoms with E-state index in [1.165, 1.54) is 129 Å². The summed E-state index contributed by atoms with van der Waals surface area (Å²) in [4.78, 5) is 0. The summed E-state index contributed by atoms with van der Waals surface area (Å²) in [6.45, 7) is 4.94.